The van der Waals surface area contributed by atoms with Crippen LogP contribution in [0.3, 0.4) is 0 Å². The van der Waals surface area contributed by atoms with Crippen LogP contribution in [0.5, 0.6) is 5.75 Å². The van der Waals surface area contributed by atoms with Gasteiger partial charge in [-0.05, 0) is 66.3 Å². The highest BCUT2D eigenvalue weighted by molar-refractivity contribution is 5.99. The number of nitrogens with one attached hydrogen (secondary N) is 2. The lowest BCUT2D eigenvalue weighted by Crippen LogP contribution is -2.65. The molecule has 48 heavy (non-hydrogen) atoms. The molecular formula is C38H34N6O4. The molecule has 4 heterocycles. The van der Waals surface area contributed by atoms with Gasteiger partial charge in [0.15, 0.2) is 11.3 Å². The normalized spacial score (nSPS) is 20.2. The van der Waals surface area contributed by atoms with E-state index in [1.165, 1.54) is 5.56 Å². The first kappa shape index (κ1) is 29.8. The molecule has 1 unspecified atom stereocenters. The molecular weight excluding hydrogens is 604 g/mol. The van der Waals surface area contributed by atoms with E-state index < -0.39 is 11.8 Å². The molecule has 2 aromatic heterocycles. The Balaban J connectivity index is 1.15. The molecule has 2 aliphatic heterocycles. The third-order valence-corrected chi connectivity index (χ3v) is 9.59. The molecule has 2 fully saturated rings. The largest absolute Gasteiger partial charge is 0.514 e. The molecule has 240 valence electrons. The summed E-state index contributed by atoms with van der Waals surface area (Å²) >= 11 is 0. The van der Waals surface area contributed by atoms with E-state index in [0.29, 0.717) is 46.4 Å². The van der Waals surface area contributed by atoms with E-state index in [9.17, 15) is 9.59 Å². The Morgan fingerprint density at radius 3 is 2.50 bits per heavy atom. The second-order valence-electron chi connectivity index (χ2n) is 12.8. The van der Waals surface area contributed by atoms with E-state index in [4.69, 9.17) is 14.6 Å². The Labute approximate surface area is 276 Å². The van der Waals surface area contributed by atoms with Crippen LogP contribution in [0, 0.1) is 0 Å². The minimum absolute atomic E-state index is 0.0528. The average molecular weight is 639 g/mol. The first-order chi connectivity index (χ1) is 23.4. The van der Waals surface area contributed by atoms with Gasteiger partial charge in [0, 0.05) is 23.7 Å². The summed E-state index contributed by atoms with van der Waals surface area (Å²) in [6, 6.07) is 33.3. The number of H-pyrrole nitrogens is 1. The van der Waals surface area contributed by atoms with Crippen molar-refractivity contribution in [3.8, 4) is 17.0 Å². The lowest BCUT2D eigenvalue weighted by Gasteiger charge is -2.48. The Kier molecular flexibility index (Phi) is 7.57. The molecule has 0 saturated carbocycles. The SMILES string of the molecule is C[C@]12CC[C@H](CN(c3nc(=O)[nH]c4cc(-c5cc(OC(=O)OCc6ccccc6)cc6ccccc56)nnc34)C1Cc1ccccc1)N2. The lowest BCUT2D eigenvalue weighted by molar-refractivity contribution is 0.0928. The highest BCUT2D eigenvalue weighted by atomic mass is 16.7. The van der Waals surface area contributed by atoms with Crippen molar-refractivity contribution in [2.75, 3.05) is 11.4 Å². The first-order valence-corrected chi connectivity index (χ1v) is 16.2. The van der Waals surface area contributed by atoms with Crippen LogP contribution in [0.2, 0.25) is 0 Å². The maximum Gasteiger partial charge on any atom is 0.514 e. The van der Waals surface area contributed by atoms with Gasteiger partial charge in [0.1, 0.15) is 12.4 Å². The smallest absolute Gasteiger partial charge is 0.429 e. The van der Waals surface area contributed by atoms with Gasteiger partial charge in [0.25, 0.3) is 0 Å². The monoisotopic (exact) mass is 638 g/mol. The summed E-state index contributed by atoms with van der Waals surface area (Å²) in [4.78, 5) is 35.5. The minimum Gasteiger partial charge on any atom is -0.429 e. The van der Waals surface area contributed by atoms with Crippen LogP contribution in [0.15, 0.2) is 108 Å². The number of hydrogen-bond acceptors (Lipinski definition) is 9. The molecule has 8 rings (SSSR count). The third-order valence-electron chi connectivity index (χ3n) is 9.59. The van der Waals surface area contributed by atoms with Crippen LogP contribution in [0.1, 0.15) is 30.9 Å². The van der Waals surface area contributed by atoms with E-state index in [2.05, 4.69) is 56.5 Å². The topological polar surface area (TPSA) is 122 Å². The van der Waals surface area contributed by atoms with Gasteiger partial charge >= 0.3 is 11.8 Å². The summed E-state index contributed by atoms with van der Waals surface area (Å²) in [5, 5.41) is 14.9. The zero-order chi connectivity index (χ0) is 32.7. The van der Waals surface area contributed by atoms with Gasteiger partial charge in [0.05, 0.1) is 17.3 Å². The van der Waals surface area contributed by atoms with Gasteiger partial charge in [-0.2, -0.15) is 4.98 Å². The van der Waals surface area contributed by atoms with Crippen molar-refractivity contribution < 1.29 is 14.3 Å². The van der Waals surface area contributed by atoms with Crippen LogP contribution in [0.25, 0.3) is 33.1 Å². The quantitative estimate of drug-likeness (QED) is 0.156. The zero-order valence-electron chi connectivity index (χ0n) is 26.4. The van der Waals surface area contributed by atoms with Crippen molar-refractivity contribution in [2.24, 2.45) is 0 Å². The molecule has 2 saturated heterocycles. The van der Waals surface area contributed by atoms with Gasteiger partial charge in [-0.3, -0.25) is 0 Å². The van der Waals surface area contributed by atoms with E-state index >= 15 is 0 Å². The maximum absolute atomic E-state index is 13.1. The molecule has 0 spiro atoms. The van der Waals surface area contributed by atoms with Gasteiger partial charge in [0.2, 0.25) is 0 Å². The Bertz CT molecular complexity index is 2190. The molecule has 10 nitrogen and oxygen atoms in total. The summed E-state index contributed by atoms with van der Waals surface area (Å²) in [6.07, 6.45) is 2.08. The summed E-state index contributed by atoms with van der Waals surface area (Å²) in [5.41, 5.74) is 3.76. The minimum atomic E-state index is -0.812. The average Bonchev–Trinajstić information content (AvgIpc) is 3.43. The second-order valence-corrected chi connectivity index (χ2v) is 12.8. The van der Waals surface area contributed by atoms with Crippen LogP contribution < -0.4 is 20.6 Å². The Morgan fingerprint density at radius 2 is 1.69 bits per heavy atom. The molecule has 0 radical (unpaired) electrons. The highest BCUT2D eigenvalue weighted by Crippen LogP contribution is 2.40. The van der Waals surface area contributed by atoms with Crippen LogP contribution in [0.4, 0.5) is 10.6 Å². The molecule has 0 aliphatic carbocycles. The van der Waals surface area contributed by atoms with Crippen molar-refractivity contribution in [1.29, 1.82) is 0 Å². The fourth-order valence-electron chi connectivity index (χ4n) is 7.27. The van der Waals surface area contributed by atoms with E-state index in [1.54, 1.807) is 12.1 Å². The van der Waals surface area contributed by atoms with Gasteiger partial charge in [-0.1, -0.05) is 84.9 Å². The summed E-state index contributed by atoms with van der Waals surface area (Å²) in [6.45, 7) is 3.08. The fraction of sp³-hybridized carbons (Fsp3) is 0.237. The number of aromatic nitrogens is 4. The van der Waals surface area contributed by atoms with Crippen molar-refractivity contribution >= 4 is 33.8 Å². The number of piperazine rings is 1. The lowest BCUT2D eigenvalue weighted by atomic mass is 9.84. The van der Waals surface area contributed by atoms with Gasteiger partial charge < -0.3 is 24.7 Å². The van der Waals surface area contributed by atoms with Crippen molar-refractivity contribution in [3.05, 3.63) is 125 Å². The number of anilines is 1. The predicted octanol–water partition coefficient (Wildman–Crippen LogP) is 6.19. The molecule has 2 aliphatic rings. The third kappa shape index (κ3) is 5.75. The number of carbonyl (C=O) groups excluding carboxylic acids is 1. The molecule has 3 atom stereocenters. The van der Waals surface area contributed by atoms with Crippen LogP contribution in [-0.2, 0) is 17.8 Å². The first-order valence-electron chi connectivity index (χ1n) is 16.2. The van der Waals surface area contributed by atoms with Crippen LogP contribution >= 0.6 is 0 Å². The fourth-order valence-corrected chi connectivity index (χ4v) is 7.27. The molecule has 2 bridgehead atoms. The van der Waals surface area contributed by atoms with E-state index in [0.717, 1.165) is 35.6 Å². The number of fused-ring (bicyclic) bond motifs is 4. The Hall–Kier alpha value is -5.61. The number of hydrogen-bond donors (Lipinski definition) is 2. The number of ether oxygens (including phenoxy) is 2. The molecule has 0 amide bonds. The van der Waals surface area contributed by atoms with Gasteiger partial charge in [-0.25, -0.2) is 9.59 Å². The van der Waals surface area contributed by atoms with Crippen molar-refractivity contribution in [2.45, 2.75) is 50.4 Å². The predicted molar refractivity (Wildman–Crippen MR) is 184 cm³/mol. The summed E-state index contributed by atoms with van der Waals surface area (Å²) in [7, 11) is 0. The molecule has 4 aromatic carbocycles. The Morgan fingerprint density at radius 1 is 0.938 bits per heavy atom. The summed E-state index contributed by atoms with van der Waals surface area (Å²) in [5.74, 6) is 0.845. The number of carbonyl (C=O) groups is 1. The van der Waals surface area contributed by atoms with Crippen molar-refractivity contribution in [3.63, 3.8) is 0 Å². The molecule has 6 aromatic rings. The highest BCUT2D eigenvalue weighted by Gasteiger charge is 2.49. The number of nitrogens with zero attached hydrogens (tertiary/aromatic N) is 4. The maximum atomic E-state index is 13.1. The standard InChI is InChI=1S/C38H34N6O4/c1-38-17-16-27(41-38)22-44(33(38)18-24-10-4-2-5-11-24)35-34-32(39-36(45)40-35)21-31(42-43-34)30-20-28(19-26-14-8-9-15-29(26)30)48-37(46)47-23-25-12-6-3-7-13-25/h2-15,19-21,27,33,41H,16-18,22-23H2,1H3,(H,39,40,45)/t27-,33?,38+/m1/s1. The van der Waals surface area contributed by atoms with E-state index in [1.807, 2.05) is 66.7 Å². The second kappa shape index (κ2) is 12.2. The zero-order valence-corrected chi connectivity index (χ0v) is 26.4. The van der Waals surface area contributed by atoms with E-state index in [-0.39, 0.29) is 18.2 Å². The van der Waals surface area contributed by atoms with Crippen molar-refractivity contribution in [1.82, 2.24) is 25.5 Å². The van der Waals surface area contributed by atoms with Crippen LogP contribution in [-0.4, -0.2) is 50.5 Å². The molecule has 10 heteroatoms. The number of rotatable bonds is 7. The number of benzene rings is 4. The molecule has 2 N–H and O–H groups in total. The van der Waals surface area contributed by atoms with Gasteiger partial charge in [-0.15, -0.1) is 10.2 Å². The number of aromatic amines is 1. The summed E-state index contributed by atoms with van der Waals surface area (Å²) < 4.78 is 11.0.